The number of hydrogen-bond donors (Lipinski definition) is 0. The minimum absolute atomic E-state index is 0.000812. The van der Waals surface area contributed by atoms with Crippen molar-refractivity contribution in [1.82, 2.24) is 0 Å². The van der Waals surface area contributed by atoms with Crippen molar-refractivity contribution >= 4 is 49.8 Å². The Hall–Kier alpha value is -3.62. The van der Waals surface area contributed by atoms with Crippen molar-refractivity contribution in [1.29, 1.82) is 0 Å². The predicted octanol–water partition coefficient (Wildman–Crippen LogP) is 4.34. The van der Waals surface area contributed by atoms with Crippen LogP contribution in [0.25, 0.3) is 0 Å². The van der Waals surface area contributed by atoms with Crippen LogP contribution in [0, 0.1) is 0 Å². The number of halogens is 1. The van der Waals surface area contributed by atoms with Gasteiger partial charge in [0, 0.05) is 28.4 Å². The molecule has 2 aliphatic rings. The summed E-state index contributed by atoms with van der Waals surface area (Å²) in [6.45, 7) is 0.427. The SMILES string of the molecule is O=C1N=C(c2ccccc2)C(S(=O)(=O)c2ccc3c(c2)CCN3C(=O)c2ccc(Cl)cc2)=N1. The number of amides is 3. The standard InChI is InChI=1S/C24H16ClN3O4S/c25-18-8-6-16(7-9-18)23(29)28-13-12-17-14-19(10-11-20(17)28)33(31,32)22-21(26-24(30)27-22)15-4-2-1-3-5-15/h1-11,14H,12-13H2. The van der Waals surface area contributed by atoms with Crippen molar-refractivity contribution in [2.45, 2.75) is 11.3 Å². The Labute approximate surface area is 195 Å². The number of sulfone groups is 1. The molecule has 0 atom stereocenters. The lowest BCUT2D eigenvalue weighted by atomic mass is 10.1. The molecule has 7 nitrogen and oxygen atoms in total. The first kappa shape index (κ1) is 21.2. The highest BCUT2D eigenvalue weighted by Crippen LogP contribution is 2.32. The molecule has 2 aliphatic heterocycles. The van der Waals surface area contributed by atoms with Crippen LogP contribution in [0.2, 0.25) is 5.02 Å². The van der Waals surface area contributed by atoms with Gasteiger partial charge in [-0.1, -0.05) is 41.9 Å². The number of aliphatic imine (C=N–C) groups is 2. The van der Waals surface area contributed by atoms with Gasteiger partial charge in [0.2, 0.25) is 9.84 Å². The molecule has 2 heterocycles. The van der Waals surface area contributed by atoms with E-state index in [9.17, 15) is 18.0 Å². The molecule has 0 saturated heterocycles. The summed E-state index contributed by atoms with van der Waals surface area (Å²) in [5.74, 6) is -0.190. The van der Waals surface area contributed by atoms with E-state index in [2.05, 4.69) is 9.98 Å². The van der Waals surface area contributed by atoms with Crippen LogP contribution in [0.3, 0.4) is 0 Å². The van der Waals surface area contributed by atoms with E-state index in [4.69, 9.17) is 11.6 Å². The lowest BCUT2D eigenvalue weighted by Gasteiger charge is -2.18. The van der Waals surface area contributed by atoms with Gasteiger partial charge in [-0.2, -0.15) is 9.98 Å². The van der Waals surface area contributed by atoms with Crippen molar-refractivity contribution in [3.63, 3.8) is 0 Å². The number of rotatable bonds is 3. The summed E-state index contributed by atoms with van der Waals surface area (Å²) in [6, 6.07) is 18.9. The molecule has 164 valence electrons. The molecule has 3 aromatic rings. The predicted molar refractivity (Wildman–Crippen MR) is 126 cm³/mol. The molecule has 33 heavy (non-hydrogen) atoms. The van der Waals surface area contributed by atoms with Crippen LogP contribution in [0.4, 0.5) is 10.5 Å². The van der Waals surface area contributed by atoms with Gasteiger partial charge in [-0.3, -0.25) is 4.79 Å². The third-order valence-corrected chi connectivity index (χ3v) is 7.42. The third kappa shape index (κ3) is 3.77. The van der Waals surface area contributed by atoms with E-state index in [1.165, 1.54) is 12.1 Å². The van der Waals surface area contributed by atoms with Crippen molar-refractivity contribution in [3.05, 3.63) is 94.5 Å². The van der Waals surface area contributed by atoms with Gasteiger partial charge >= 0.3 is 6.03 Å². The first-order valence-corrected chi connectivity index (χ1v) is 11.9. The van der Waals surface area contributed by atoms with E-state index in [1.807, 2.05) is 0 Å². The number of anilines is 1. The second kappa shape index (κ2) is 8.06. The van der Waals surface area contributed by atoms with Crippen LogP contribution in [-0.4, -0.2) is 37.7 Å². The molecule has 0 fully saturated rings. The van der Waals surface area contributed by atoms with Crippen LogP contribution < -0.4 is 4.90 Å². The van der Waals surface area contributed by atoms with Crippen LogP contribution in [0.5, 0.6) is 0 Å². The molecular weight excluding hydrogens is 462 g/mol. The smallest absolute Gasteiger partial charge is 0.308 e. The average molecular weight is 478 g/mol. The second-order valence-electron chi connectivity index (χ2n) is 7.53. The van der Waals surface area contributed by atoms with Gasteiger partial charge in [0.1, 0.15) is 5.71 Å². The molecular formula is C24H16ClN3O4S. The summed E-state index contributed by atoms with van der Waals surface area (Å²) in [5, 5.41) is 0.167. The lowest BCUT2D eigenvalue weighted by Crippen LogP contribution is -2.28. The van der Waals surface area contributed by atoms with E-state index < -0.39 is 15.9 Å². The molecule has 3 amide bonds. The maximum atomic E-state index is 13.4. The van der Waals surface area contributed by atoms with Crippen molar-refractivity contribution in [2.24, 2.45) is 9.98 Å². The fourth-order valence-corrected chi connectivity index (χ4v) is 5.41. The minimum Gasteiger partial charge on any atom is -0.308 e. The molecule has 0 saturated carbocycles. The molecule has 0 N–H and O–H groups in total. The van der Waals surface area contributed by atoms with Gasteiger partial charge in [-0.25, -0.2) is 13.2 Å². The van der Waals surface area contributed by atoms with Crippen LogP contribution in [0.15, 0.2) is 87.7 Å². The lowest BCUT2D eigenvalue weighted by molar-refractivity contribution is 0.0989. The largest absolute Gasteiger partial charge is 0.369 e. The van der Waals surface area contributed by atoms with Crippen LogP contribution >= 0.6 is 11.6 Å². The Bertz CT molecular complexity index is 1460. The molecule has 9 heteroatoms. The molecule has 0 spiro atoms. The highest BCUT2D eigenvalue weighted by atomic mass is 35.5. The molecule has 0 bridgehead atoms. The highest BCUT2D eigenvalue weighted by Gasteiger charge is 2.35. The van der Waals surface area contributed by atoms with Gasteiger partial charge in [0.15, 0.2) is 5.04 Å². The first-order valence-electron chi connectivity index (χ1n) is 10.1. The fourth-order valence-electron chi connectivity index (χ4n) is 3.90. The van der Waals surface area contributed by atoms with E-state index in [0.717, 1.165) is 5.56 Å². The zero-order chi connectivity index (χ0) is 23.2. The number of nitrogens with zero attached hydrogens (tertiary/aromatic N) is 3. The van der Waals surface area contributed by atoms with Gasteiger partial charge in [0.25, 0.3) is 5.91 Å². The number of hydrogen-bond acceptors (Lipinski definition) is 4. The normalized spacial score (nSPS) is 15.3. The van der Waals surface area contributed by atoms with E-state index in [1.54, 1.807) is 65.6 Å². The molecule has 0 aliphatic carbocycles. The first-order chi connectivity index (χ1) is 15.8. The monoisotopic (exact) mass is 477 g/mol. The number of carbonyl (C=O) groups excluding carboxylic acids is 2. The van der Waals surface area contributed by atoms with E-state index in [-0.39, 0.29) is 21.6 Å². The molecule has 0 aromatic heterocycles. The van der Waals surface area contributed by atoms with Gasteiger partial charge in [0.05, 0.1) is 4.90 Å². The summed E-state index contributed by atoms with van der Waals surface area (Å²) in [7, 11) is -4.10. The summed E-state index contributed by atoms with van der Waals surface area (Å²) in [6.07, 6.45) is 0.503. The Kier molecular flexibility index (Phi) is 5.19. The van der Waals surface area contributed by atoms with Gasteiger partial charge in [-0.15, -0.1) is 0 Å². The summed E-state index contributed by atoms with van der Waals surface area (Å²) in [4.78, 5) is 33.9. The van der Waals surface area contributed by atoms with Crippen LogP contribution in [-0.2, 0) is 16.3 Å². The van der Waals surface area contributed by atoms with Crippen molar-refractivity contribution in [2.75, 3.05) is 11.4 Å². The zero-order valence-electron chi connectivity index (χ0n) is 17.1. The van der Waals surface area contributed by atoms with Gasteiger partial charge in [-0.05, 0) is 54.4 Å². The molecule has 0 radical (unpaired) electrons. The third-order valence-electron chi connectivity index (χ3n) is 5.50. The summed E-state index contributed by atoms with van der Waals surface area (Å²) >= 11 is 5.91. The topological polar surface area (TPSA) is 96.2 Å². The zero-order valence-corrected chi connectivity index (χ0v) is 18.7. The van der Waals surface area contributed by atoms with Crippen molar-refractivity contribution in [3.8, 4) is 0 Å². The number of fused-ring (bicyclic) bond motifs is 1. The number of carbonyl (C=O) groups is 2. The molecule has 3 aromatic carbocycles. The van der Waals surface area contributed by atoms with E-state index in [0.29, 0.717) is 34.8 Å². The quantitative estimate of drug-likeness (QED) is 0.560. The van der Waals surface area contributed by atoms with E-state index >= 15 is 0 Å². The number of urea groups is 1. The maximum absolute atomic E-state index is 13.4. The minimum atomic E-state index is -4.10. The Morgan fingerprint density at radius 2 is 1.67 bits per heavy atom. The fraction of sp³-hybridized carbons (Fsp3) is 0.0833. The maximum Gasteiger partial charge on any atom is 0.369 e. The Balaban J connectivity index is 1.48. The average Bonchev–Trinajstić information content (AvgIpc) is 3.43. The summed E-state index contributed by atoms with van der Waals surface area (Å²) in [5.41, 5.74) is 2.38. The number of benzene rings is 3. The Morgan fingerprint density at radius 3 is 2.39 bits per heavy atom. The Morgan fingerprint density at radius 1 is 0.939 bits per heavy atom. The van der Waals surface area contributed by atoms with Gasteiger partial charge < -0.3 is 4.90 Å². The van der Waals surface area contributed by atoms with Crippen LogP contribution in [0.1, 0.15) is 21.5 Å². The molecule has 5 rings (SSSR count). The molecule has 0 unspecified atom stereocenters. The highest BCUT2D eigenvalue weighted by molar-refractivity contribution is 8.08. The summed E-state index contributed by atoms with van der Waals surface area (Å²) < 4.78 is 26.8. The second-order valence-corrected chi connectivity index (χ2v) is 9.84. The van der Waals surface area contributed by atoms with Crippen molar-refractivity contribution < 1.29 is 18.0 Å².